The van der Waals surface area contributed by atoms with Gasteiger partial charge in [-0.05, 0) is 23.8 Å². The summed E-state index contributed by atoms with van der Waals surface area (Å²) >= 11 is 0. The number of hydrogen-bond donors (Lipinski definition) is 1. The van der Waals surface area contributed by atoms with E-state index in [1.165, 1.54) is 10.7 Å². The summed E-state index contributed by atoms with van der Waals surface area (Å²) in [6.45, 7) is 0.598. The Morgan fingerprint density at radius 3 is 2.48 bits per heavy atom. The van der Waals surface area contributed by atoms with Crippen molar-refractivity contribution in [2.45, 2.75) is 12.7 Å². The van der Waals surface area contributed by atoms with Crippen LogP contribution in [0.2, 0.25) is 0 Å². The number of nitrogens with one attached hydrogen (secondary N) is 1. The van der Waals surface area contributed by atoms with Crippen LogP contribution >= 0.6 is 0 Å². The summed E-state index contributed by atoms with van der Waals surface area (Å²) in [5.74, 6) is 0.603. The quantitative estimate of drug-likeness (QED) is 0.767. The molecule has 23 heavy (non-hydrogen) atoms. The third-order valence-electron chi connectivity index (χ3n) is 3.34. The van der Waals surface area contributed by atoms with Crippen LogP contribution in [0.15, 0.2) is 66.9 Å². The molecule has 6 heteroatoms. The predicted molar refractivity (Wildman–Crippen MR) is 82.3 cm³/mol. The maximum atomic E-state index is 12.8. The fourth-order valence-corrected chi connectivity index (χ4v) is 2.18. The van der Waals surface area contributed by atoms with Crippen LogP contribution in [-0.2, 0) is 12.7 Å². The average molecular weight is 317 g/mol. The molecule has 0 saturated heterocycles. The van der Waals surface area contributed by atoms with Crippen molar-refractivity contribution in [3.05, 3.63) is 78.0 Å². The minimum absolute atomic E-state index is 0.368. The first-order chi connectivity index (χ1) is 11.0. The highest BCUT2D eigenvalue weighted by atomic mass is 19.4. The molecule has 1 N–H and O–H groups in total. The maximum absolute atomic E-state index is 12.8. The fraction of sp³-hybridized carbons (Fsp3) is 0.118. The molecule has 2 aromatic carbocycles. The van der Waals surface area contributed by atoms with Gasteiger partial charge in [0.05, 0.1) is 11.3 Å². The van der Waals surface area contributed by atoms with Crippen molar-refractivity contribution in [1.82, 2.24) is 9.78 Å². The molecule has 0 unspecified atom stereocenters. The van der Waals surface area contributed by atoms with E-state index >= 15 is 0 Å². The largest absolute Gasteiger partial charge is 0.416 e. The summed E-state index contributed by atoms with van der Waals surface area (Å²) in [6.07, 6.45) is -2.74. The van der Waals surface area contributed by atoms with Gasteiger partial charge in [-0.2, -0.15) is 18.3 Å². The Kier molecular flexibility index (Phi) is 4.06. The molecule has 1 heterocycles. The third-order valence-corrected chi connectivity index (χ3v) is 3.34. The molecule has 0 aliphatic carbocycles. The highest BCUT2D eigenvalue weighted by molar-refractivity contribution is 5.40. The number of nitrogens with zero attached hydrogens (tertiary/aromatic N) is 2. The number of benzene rings is 2. The van der Waals surface area contributed by atoms with E-state index in [4.69, 9.17) is 0 Å². The van der Waals surface area contributed by atoms with Gasteiger partial charge in [-0.15, -0.1) is 0 Å². The lowest BCUT2D eigenvalue weighted by molar-refractivity contribution is -0.137. The van der Waals surface area contributed by atoms with E-state index in [-0.39, 0.29) is 0 Å². The smallest absolute Gasteiger partial charge is 0.365 e. The van der Waals surface area contributed by atoms with E-state index in [1.54, 1.807) is 18.3 Å². The van der Waals surface area contributed by atoms with Crippen LogP contribution in [0, 0.1) is 0 Å². The van der Waals surface area contributed by atoms with Gasteiger partial charge >= 0.3 is 6.18 Å². The van der Waals surface area contributed by atoms with E-state index in [2.05, 4.69) is 10.4 Å². The normalized spacial score (nSPS) is 11.4. The minimum Gasteiger partial charge on any atom is -0.365 e. The summed E-state index contributed by atoms with van der Waals surface area (Å²) < 4.78 is 39.7. The molecule has 0 aliphatic rings. The monoisotopic (exact) mass is 317 g/mol. The molecular formula is C17H14F3N3. The lowest BCUT2D eigenvalue weighted by atomic mass is 10.2. The maximum Gasteiger partial charge on any atom is 0.416 e. The molecule has 118 valence electrons. The minimum atomic E-state index is -4.36. The van der Waals surface area contributed by atoms with Crippen LogP contribution in [0.4, 0.5) is 19.0 Å². The number of hydrogen-bond acceptors (Lipinski definition) is 2. The Balaban J connectivity index is 1.74. The van der Waals surface area contributed by atoms with Crippen LogP contribution in [0.5, 0.6) is 0 Å². The Bertz CT molecular complexity index is 779. The van der Waals surface area contributed by atoms with Crippen LogP contribution in [0.25, 0.3) is 5.69 Å². The van der Waals surface area contributed by atoms with Crippen molar-refractivity contribution in [3.8, 4) is 5.69 Å². The first-order valence-corrected chi connectivity index (χ1v) is 7.03. The molecule has 0 bridgehead atoms. The van der Waals surface area contributed by atoms with Crippen molar-refractivity contribution in [2.75, 3.05) is 5.32 Å². The standard InChI is InChI=1S/C17H14F3N3/c18-17(19,20)14-7-4-8-15(11-14)23-10-9-16(22-23)21-12-13-5-2-1-3-6-13/h1-11H,12H2,(H,21,22). The molecule has 3 nitrogen and oxygen atoms in total. The first kappa shape index (κ1) is 15.1. The number of anilines is 1. The SMILES string of the molecule is FC(F)(F)c1cccc(-n2ccc(NCc3ccccc3)n2)c1. The van der Waals surface area contributed by atoms with E-state index in [0.717, 1.165) is 17.7 Å². The molecule has 0 amide bonds. The summed E-state index contributed by atoms with van der Waals surface area (Å²) in [5, 5.41) is 7.40. The number of rotatable bonds is 4. The van der Waals surface area contributed by atoms with Gasteiger partial charge in [0.1, 0.15) is 5.82 Å². The molecular weight excluding hydrogens is 303 g/mol. The van der Waals surface area contributed by atoms with Crippen molar-refractivity contribution in [1.29, 1.82) is 0 Å². The lowest BCUT2D eigenvalue weighted by Crippen LogP contribution is -2.06. The zero-order valence-electron chi connectivity index (χ0n) is 12.1. The first-order valence-electron chi connectivity index (χ1n) is 7.03. The molecule has 0 aliphatic heterocycles. The van der Waals surface area contributed by atoms with Gasteiger partial charge in [0.2, 0.25) is 0 Å². The fourth-order valence-electron chi connectivity index (χ4n) is 2.18. The van der Waals surface area contributed by atoms with Crippen molar-refractivity contribution >= 4 is 5.82 Å². The molecule has 0 fully saturated rings. The lowest BCUT2D eigenvalue weighted by Gasteiger charge is -2.08. The average Bonchev–Trinajstić information content (AvgIpc) is 3.02. The van der Waals surface area contributed by atoms with Gasteiger partial charge in [0.25, 0.3) is 0 Å². The van der Waals surface area contributed by atoms with Gasteiger partial charge in [0, 0.05) is 18.8 Å². The predicted octanol–water partition coefficient (Wildman–Crippen LogP) is 4.50. The third kappa shape index (κ3) is 3.71. The van der Waals surface area contributed by atoms with Gasteiger partial charge in [-0.3, -0.25) is 0 Å². The molecule has 1 aromatic heterocycles. The second kappa shape index (κ2) is 6.16. The van der Waals surface area contributed by atoms with Gasteiger partial charge < -0.3 is 5.32 Å². The van der Waals surface area contributed by atoms with Crippen LogP contribution in [0.1, 0.15) is 11.1 Å². The van der Waals surface area contributed by atoms with Crippen molar-refractivity contribution in [2.24, 2.45) is 0 Å². The molecule has 0 radical (unpaired) electrons. The van der Waals surface area contributed by atoms with Crippen LogP contribution < -0.4 is 5.32 Å². The second-order valence-corrected chi connectivity index (χ2v) is 5.03. The Morgan fingerprint density at radius 1 is 0.957 bits per heavy atom. The summed E-state index contributed by atoms with van der Waals surface area (Å²) in [6, 6.07) is 16.6. The number of alkyl halides is 3. The number of halogens is 3. The zero-order valence-corrected chi connectivity index (χ0v) is 12.1. The second-order valence-electron chi connectivity index (χ2n) is 5.03. The van der Waals surface area contributed by atoms with Gasteiger partial charge in [-0.25, -0.2) is 4.68 Å². The molecule has 0 saturated carbocycles. The van der Waals surface area contributed by atoms with Crippen molar-refractivity contribution in [3.63, 3.8) is 0 Å². The number of aromatic nitrogens is 2. The van der Waals surface area contributed by atoms with E-state index in [9.17, 15) is 13.2 Å². The van der Waals surface area contributed by atoms with Crippen LogP contribution in [-0.4, -0.2) is 9.78 Å². The highest BCUT2D eigenvalue weighted by Crippen LogP contribution is 2.30. The molecule has 3 rings (SSSR count). The zero-order chi connectivity index (χ0) is 16.3. The molecule has 3 aromatic rings. The Hall–Kier alpha value is -2.76. The highest BCUT2D eigenvalue weighted by Gasteiger charge is 2.30. The topological polar surface area (TPSA) is 29.9 Å². The summed E-state index contributed by atoms with van der Waals surface area (Å²) in [5.41, 5.74) is 0.776. The molecule has 0 atom stereocenters. The summed E-state index contributed by atoms with van der Waals surface area (Å²) in [7, 11) is 0. The van der Waals surface area contributed by atoms with E-state index < -0.39 is 11.7 Å². The van der Waals surface area contributed by atoms with E-state index in [0.29, 0.717) is 18.1 Å². The van der Waals surface area contributed by atoms with Crippen LogP contribution in [0.3, 0.4) is 0 Å². The van der Waals surface area contributed by atoms with Crippen molar-refractivity contribution < 1.29 is 13.2 Å². The van der Waals surface area contributed by atoms with Gasteiger partial charge in [-0.1, -0.05) is 36.4 Å². The van der Waals surface area contributed by atoms with Gasteiger partial charge in [0.15, 0.2) is 0 Å². The Labute approximate surface area is 131 Å². The Morgan fingerprint density at radius 2 is 1.74 bits per heavy atom. The van der Waals surface area contributed by atoms with E-state index in [1.807, 2.05) is 30.3 Å². The molecule has 0 spiro atoms. The summed E-state index contributed by atoms with van der Waals surface area (Å²) in [4.78, 5) is 0.